The lowest BCUT2D eigenvalue weighted by Crippen LogP contribution is -2.25. The van der Waals surface area contributed by atoms with Gasteiger partial charge in [0.25, 0.3) is 0 Å². The van der Waals surface area contributed by atoms with E-state index in [1.807, 2.05) is 45.0 Å². The molecule has 16 heavy (non-hydrogen) atoms. The first-order valence-electron chi connectivity index (χ1n) is 5.07. The molecule has 1 atom stereocenters. The van der Waals surface area contributed by atoms with Gasteiger partial charge in [0.1, 0.15) is 5.56 Å². The summed E-state index contributed by atoms with van der Waals surface area (Å²) in [5, 5.41) is 0.748. The van der Waals surface area contributed by atoms with E-state index >= 15 is 0 Å². The topological polar surface area (TPSA) is 9.23 Å². The van der Waals surface area contributed by atoms with Crippen molar-refractivity contribution in [2.45, 2.75) is 36.8 Å². The molecule has 0 fully saturated rings. The Morgan fingerprint density at radius 3 is 2.31 bits per heavy atom. The molecule has 1 unspecified atom stereocenters. The number of hydrogen-bond acceptors (Lipinski definition) is 2. The monoisotopic (exact) mass is 278 g/mol. The zero-order chi connectivity index (χ0) is 12.2. The van der Waals surface area contributed by atoms with Gasteiger partial charge in [0, 0.05) is 15.7 Å². The van der Waals surface area contributed by atoms with E-state index < -0.39 is 0 Å². The van der Waals surface area contributed by atoms with Crippen LogP contribution in [0.25, 0.3) is 0 Å². The van der Waals surface area contributed by atoms with Crippen molar-refractivity contribution in [3.8, 4) is 0 Å². The number of ether oxygens (including phenoxy) is 1. The van der Waals surface area contributed by atoms with Crippen LogP contribution in [0.3, 0.4) is 0 Å². The molecule has 0 radical (unpaired) electrons. The largest absolute Gasteiger partial charge is 0.356 e. The van der Waals surface area contributed by atoms with Crippen molar-refractivity contribution in [1.82, 2.24) is 0 Å². The second-order valence-electron chi connectivity index (χ2n) is 4.41. The maximum atomic E-state index is 6.08. The third-order valence-electron chi connectivity index (χ3n) is 1.68. The molecular weight excluding hydrogens is 263 g/mol. The van der Waals surface area contributed by atoms with E-state index in [1.165, 1.54) is 0 Å². The highest BCUT2D eigenvalue weighted by molar-refractivity contribution is 7.99. The highest BCUT2D eigenvalue weighted by Gasteiger charge is 2.16. The fourth-order valence-corrected chi connectivity index (χ4v) is 2.41. The Morgan fingerprint density at radius 2 is 1.81 bits per heavy atom. The van der Waals surface area contributed by atoms with Gasteiger partial charge in [0.05, 0.1) is 5.60 Å². The highest BCUT2D eigenvalue weighted by atomic mass is 35.5. The van der Waals surface area contributed by atoms with Gasteiger partial charge >= 0.3 is 0 Å². The summed E-state index contributed by atoms with van der Waals surface area (Å²) >= 11 is 13.5. The van der Waals surface area contributed by atoms with Gasteiger partial charge < -0.3 is 4.74 Å². The van der Waals surface area contributed by atoms with E-state index in [2.05, 4.69) is 0 Å². The van der Waals surface area contributed by atoms with Crippen LogP contribution in [0.4, 0.5) is 0 Å². The van der Waals surface area contributed by atoms with Crippen LogP contribution < -0.4 is 0 Å². The Morgan fingerprint density at radius 1 is 1.25 bits per heavy atom. The molecule has 0 saturated heterocycles. The van der Waals surface area contributed by atoms with Crippen molar-refractivity contribution in [1.29, 1.82) is 0 Å². The molecule has 1 aromatic carbocycles. The summed E-state index contributed by atoms with van der Waals surface area (Å²) in [6, 6.07) is 7.71. The predicted molar refractivity (Wildman–Crippen MR) is 72.7 cm³/mol. The van der Waals surface area contributed by atoms with Crippen LogP contribution in [0, 0.1) is 0 Å². The van der Waals surface area contributed by atoms with Gasteiger partial charge in [-0.1, -0.05) is 23.2 Å². The van der Waals surface area contributed by atoms with Crippen LogP contribution in [-0.2, 0) is 4.74 Å². The third kappa shape index (κ3) is 6.00. The molecule has 1 aromatic rings. The van der Waals surface area contributed by atoms with Crippen molar-refractivity contribution in [2.75, 3.05) is 5.75 Å². The zero-order valence-corrected chi connectivity index (χ0v) is 12.0. The normalized spacial score (nSPS) is 13.8. The Labute approximate surface area is 111 Å². The Kier molecular flexibility index (Phi) is 5.45. The number of halogens is 2. The lowest BCUT2D eigenvalue weighted by Gasteiger charge is -2.23. The third-order valence-corrected chi connectivity index (χ3v) is 3.43. The fraction of sp³-hybridized carbons (Fsp3) is 0.500. The maximum Gasteiger partial charge on any atom is 0.141 e. The summed E-state index contributed by atoms with van der Waals surface area (Å²) in [5.41, 5.74) is -0.479. The van der Waals surface area contributed by atoms with Crippen LogP contribution in [0.1, 0.15) is 20.8 Å². The number of benzene rings is 1. The van der Waals surface area contributed by atoms with E-state index in [0.29, 0.717) is 0 Å². The summed E-state index contributed by atoms with van der Waals surface area (Å²) in [5.74, 6) is 0.723. The molecule has 4 heteroatoms. The second-order valence-corrected chi connectivity index (χ2v) is 6.42. The minimum atomic E-state index is -0.277. The molecular formula is C12H16Cl2OS. The van der Waals surface area contributed by atoms with Crippen LogP contribution in [0.5, 0.6) is 0 Å². The molecule has 0 aromatic heterocycles. The summed E-state index contributed by atoms with van der Waals surface area (Å²) in [6.45, 7) is 5.99. The smallest absolute Gasteiger partial charge is 0.141 e. The summed E-state index contributed by atoms with van der Waals surface area (Å²) in [6.07, 6.45) is 0. The van der Waals surface area contributed by atoms with Crippen molar-refractivity contribution in [3.05, 3.63) is 29.3 Å². The number of thioether (sulfide) groups is 1. The molecule has 0 N–H and O–H groups in total. The highest BCUT2D eigenvalue weighted by Crippen LogP contribution is 2.24. The molecule has 0 spiro atoms. The second kappa shape index (κ2) is 6.15. The standard InChI is InChI=1S/C12H16Cl2OS/c1-12(2,3)15-11(14)8-16-10-6-4-9(13)5-7-10/h4-7,11H,8H2,1-3H3. The van der Waals surface area contributed by atoms with Gasteiger partial charge in [-0.3, -0.25) is 0 Å². The van der Waals surface area contributed by atoms with Gasteiger partial charge in [-0.2, -0.15) is 0 Å². The Hall–Kier alpha value is 0.110. The Bertz CT molecular complexity index is 319. The SMILES string of the molecule is CC(C)(C)OC(Cl)CSc1ccc(Cl)cc1. The quantitative estimate of drug-likeness (QED) is 0.577. The van der Waals surface area contributed by atoms with Crippen molar-refractivity contribution in [2.24, 2.45) is 0 Å². The number of hydrogen-bond donors (Lipinski definition) is 0. The van der Waals surface area contributed by atoms with E-state index in [1.54, 1.807) is 11.8 Å². The summed E-state index contributed by atoms with van der Waals surface area (Å²) in [7, 11) is 0. The molecule has 0 aliphatic rings. The van der Waals surface area contributed by atoms with E-state index in [9.17, 15) is 0 Å². The molecule has 0 heterocycles. The molecule has 0 bridgehead atoms. The molecule has 0 aliphatic carbocycles. The van der Waals surface area contributed by atoms with Gasteiger partial charge in [0.2, 0.25) is 0 Å². The molecule has 0 aliphatic heterocycles. The lowest BCUT2D eigenvalue weighted by molar-refractivity contribution is -0.0131. The lowest BCUT2D eigenvalue weighted by atomic mass is 10.2. The first kappa shape index (κ1) is 14.2. The van der Waals surface area contributed by atoms with E-state index in [0.717, 1.165) is 15.7 Å². The minimum absolute atomic E-state index is 0.201. The average Bonchev–Trinajstić information content (AvgIpc) is 2.14. The first-order chi connectivity index (χ1) is 7.37. The molecule has 1 rings (SSSR count). The predicted octanol–water partition coefficient (Wildman–Crippen LogP) is 4.81. The first-order valence-corrected chi connectivity index (χ1v) is 6.87. The van der Waals surface area contributed by atoms with Crippen LogP contribution in [0.2, 0.25) is 5.02 Å². The van der Waals surface area contributed by atoms with Crippen LogP contribution in [0.15, 0.2) is 29.2 Å². The van der Waals surface area contributed by atoms with Gasteiger partial charge in [-0.25, -0.2) is 0 Å². The average molecular weight is 279 g/mol. The van der Waals surface area contributed by atoms with Gasteiger partial charge in [-0.15, -0.1) is 11.8 Å². The van der Waals surface area contributed by atoms with E-state index in [-0.39, 0.29) is 11.2 Å². The number of alkyl halides is 1. The van der Waals surface area contributed by atoms with E-state index in [4.69, 9.17) is 27.9 Å². The van der Waals surface area contributed by atoms with Crippen molar-refractivity contribution < 1.29 is 4.74 Å². The number of rotatable bonds is 4. The molecule has 90 valence electrons. The molecule has 1 nitrogen and oxygen atoms in total. The van der Waals surface area contributed by atoms with Crippen LogP contribution >= 0.6 is 35.0 Å². The zero-order valence-electron chi connectivity index (χ0n) is 9.67. The Balaban J connectivity index is 2.37. The van der Waals surface area contributed by atoms with Gasteiger partial charge in [-0.05, 0) is 45.0 Å². The summed E-state index contributed by atoms with van der Waals surface area (Å²) in [4.78, 5) is 1.15. The van der Waals surface area contributed by atoms with Crippen LogP contribution in [-0.4, -0.2) is 16.9 Å². The summed E-state index contributed by atoms with van der Waals surface area (Å²) < 4.78 is 5.60. The molecule has 0 amide bonds. The fourth-order valence-electron chi connectivity index (χ4n) is 1.11. The van der Waals surface area contributed by atoms with Crippen molar-refractivity contribution >= 4 is 35.0 Å². The maximum absolute atomic E-state index is 6.08. The molecule has 0 saturated carbocycles. The van der Waals surface area contributed by atoms with Gasteiger partial charge in [0.15, 0.2) is 0 Å². The van der Waals surface area contributed by atoms with Crippen molar-refractivity contribution in [3.63, 3.8) is 0 Å². The minimum Gasteiger partial charge on any atom is -0.356 e.